The number of amides is 1. The second-order valence-corrected chi connectivity index (χ2v) is 11.8. The molecule has 1 aliphatic rings. The van der Waals surface area contributed by atoms with Crippen molar-refractivity contribution in [1.82, 2.24) is 5.32 Å². The lowest BCUT2D eigenvalue weighted by molar-refractivity contribution is 0.0951. The summed E-state index contributed by atoms with van der Waals surface area (Å²) < 4.78 is 37.6. The van der Waals surface area contributed by atoms with Gasteiger partial charge in [0, 0.05) is 21.9 Å². The summed E-state index contributed by atoms with van der Waals surface area (Å²) in [5.41, 5.74) is 4.85. The molecule has 0 aliphatic carbocycles. The molecule has 0 fully saturated rings. The van der Waals surface area contributed by atoms with Crippen LogP contribution in [0, 0.1) is 5.82 Å². The highest BCUT2D eigenvalue weighted by Gasteiger charge is 2.19. The van der Waals surface area contributed by atoms with Crippen molar-refractivity contribution in [1.29, 1.82) is 0 Å². The zero-order valence-corrected chi connectivity index (χ0v) is 21.0. The van der Waals surface area contributed by atoms with Crippen LogP contribution in [-0.2, 0) is 16.4 Å². The Hall–Kier alpha value is -3.62. The fourth-order valence-corrected chi connectivity index (χ4v) is 5.84. The van der Waals surface area contributed by atoms with Gasteiger partial charge in [-0.2, -0.15) is 0 Å². The van der Waals surface area contributed by atoms with Crippen molar-refractivity contribution in [2.75, 3.05) is 11.1 Å². The summed E-state index contributed by atoms with van der Waals surface area (Å²) in [6.07, 6.45) is 0. The zero-order chi connectivity index (χ0) is 25.3. The average molecular weight is 519 g/mol. The lowest BCUT2D eigenvalue weighted by Crippen LogP contribution is -2.23. The number of fused-ring (bicyclic) bond motifs is 2. The van der Waals surface area contributed by atoms with Crippen LogP contribution in [-0.4, -0.2) is 20.1 Å². The lowest BCUT2D eigenvalue weighted by atomic mass is 10.0. The van der Waals surface area contributed by atoms with Gasteiger partial charge in [0.05, 0.1) is 22.0 Å². The van der Waals surface area contributed by atoms with Gasteiger partial charge in [-0.3, -0.25) is 4.79 Å². The molecule has 0 aromatic heterocycles. The number of sulfone groups is 1. The third-order valence-electron chi connectivity index (χ3n) is 5.99. The van der Waals surface area contributed by atoms with Crippen LogP contribution < -0.4 is 10.6 Å². The highest BCUT2D eigenvalue weighted by atomic mass is 32.2. The fourth-order valence-electron chi connectivity index (χ4n) is 3.94. The van der Waals surface area contributed by atoms with Crippen molar-refractivity contribution in [3.63, 3.8) is 0 Å². The monoisotopic (exact) mass is 518 g/mol. The molecule has 1 amide bonds. The molecule has 0 bridgehead atoms. The van der Waals surface area contributed by atoms with Crippen LogP contribution in [0.25, 0.3) is 11.1 Å². The molecule has 4 aromatic carbocycles. The van der Waals surface area contributed by atoms with Crippen molar-refractivity contribution in [3.05, 3.63) is 102 Å². The molecule has 5 nitrogen and oxygen atoms in total. The number of halogens is 1. The van der Waals surface area contributed by atoms with Gasteiger partial charge >= 0.3 is 0 Å². The van der Waals surface area contributed by atoms with Gasteiger partial charge < -0.3 is 10.6 Å². The smallest absolute Gasteiger partial charge is 0.251 e. The van der Waals surface area contributed by atoms with E-state index in [9.17, 15) is 17.6 Å². The molecule has 2 N–H and O–H groups in total. The number of rotatable bonds is 6. The summed E-state index contributed by atoms with van der Waals surface area (Å²) >= 11 is 1.59. The molecule has 4 aromatic rings. The molecule has 0 unspecified atom stereocenters. The fraction of sp³-hybridized carbons (Fsp3) is 0.107. The van der Waals surface area contributed by atoms with Crippen LogP contribution in [0.5, 0.6) is 0 Å². The van der Waals surface area contributed by atoms with Gasteiger partial charge in [-0.05, 0) is 71.3 Å². The summed E-state index contributed by atoms with van der Waals surface area (Å²) in [6.45, 7) is 1.90. The maximum atomic E-state index is 13.6. The largest absolute Gasteiger partial charge is 0.354 e. The number of carbonyl (C=O) groups excluding carboxylic acids is 1. The number of benzene rings is 4. The molecule has 0 saturated heterocycles. The minimum atomic E-state index is -3.25. The highest BCUT2D eigenvalue weighted by molar-refractivity contribution is 7.99. The van der Waals surface area contributed by atoms with Crippen molar-refractivity contribution < 1.29 is 17.6 Å². The third-order valence-corrected chi connectivity index (χ3v) is 8.87. The van der Waals surface area contributed by atoms with Gasteiger partial charge in [0.2, 0.25) is 0 Å². The first-order valence-electron chi connectivity index (χ1n) is 11.4. The first-order chi connectivity index (χ1) is 17.3. The number of anilines is 2. The Morgan fingerprint density at radius 1 is 0.889 bits per heavy atom. The summed E-state index contributed by atoms with van der Waals surface area (Å²) in [5, 5.41) is 6.28. The van der Waals surface area contributed by atoms with Crippen LogP contribution in [0.3, 0.4) is 0 Å². The molecule has 0 saturated carbocycles. The predicted octanol–water partition coefficient (Wildman–Crippen LogP) is 6.42. The first kappa shape index (κ1) is 24.1. The van der Waals surface area contributed by atoms with Crippen LogP contribution in [0.4, 0.5) is 15.8 Å². The molecule has 0 radical (unpaired) electrons. The molecule has 1 aliphatic heterocycles. The Balaban J connectivity index is 1.27. The van der Waals surface area contributed by atoms with E-state index in [0.717, 1.165) is 37.9 Å². The molecular formula is C28H23FN2O3S2. The van der Waals surface area contributed by atoms with Crippen LogP contribution in [0.1, 0.15) is 22.8 Å². The maximum absolute atomic E-state index is 13.6. The van der Waals surface area contributed by atoms with Gasteiger partial charge in [0.25, 0.3) is 5.91 Å². The van der Waals surface area contributed by atoms with E-state index in [0.29, 0.717) is 5.56 Å². The summed E-state index contributed by atoms with van der Waals surface area (Å²) in [7, 11) is -3.25. The van der Waals surface area contributed by atoms with E-state index in [4.69, 9.17) is 0 Å². The molecular weight excluding hydrogens is 495 g/mol. The minimum Gasteiger partial charge on any atom is -0.354 e. The van der Waals surface area contributed by atoms with Gasteiger partial charge in [-0.15, -0.1) is 0 Å². The summed E-state index contributed by atoms with van der Waals surface area (Å²) in [4.78, 5) is 15.1. The number of hydrogen-bond donors (Lipinski definition) is 2. The molecule has 5 rings (SSSR count). The Morgan fingerprint density at radius 2 is 1.67 bits per heavy atom. The van der Waals surface area contributed by atoms with E-state index >= 15 is 0 Å². The summed E-state index contributed by atoms with van der Waals surface area (Å²) in [6, 6.07) is 24.5. The van der Waals surface area contributed by atoms with Crippen molar-refractivity contribution in [3.8, 4) is 11.1 Å². The van der Waals surface area contributed by atoms with Gasteiger partial charge in [0.15, 0.2) is 9.84 Å². The van der Waals surface area contributed by atoms with E-state index in [2.05, 4.69) is 10.6 Å². The number of carbonyl (C=O) groups is 1. The molecule has 0 spiro atoms. The molecule has 1 heterocycles. The molecule has 182 valence electrons. The normalized spacial score (nSPS) is 12.3. The van der Waals surface area contributed by atoms with Crippen molar-refractivity contribution in [2.45, 2.75) is 28.2 Å². The Bertz CT molecular complexity index is 1570. The Labute approximate surface area is 213 Å². The van der Waals surface area contributed by atoms with Crippen LogP contribution in [0.15, 0.2) is 99.6 Å². The Kier molecular flexibility index (Phi) is 6.55. The maximum Gasteiger partial charge on any atom is 0.251 e. The van der Waals surface area contributed by atoms with Gasteiger partial charge in [0.1, 0.15) is 5.82 Å². The minimum absolute atomic E-state index is 0.0480. The van der Waals surface area contributed by atoms with E-state index < -0.39 is 9.84 Å². The van der Waals surface area contributed by atoms with Gasteiger partial charge in [-0.25, -0.2) is 12.8 Å². The zero-order valence-electron chi connectivity index (χ0n) is 19.4. The average Bonchev–Trinajstić information content (AvgIpc) is 2.90. The molecule has 0 atom stereocenters. The van der Waals surface area contributed by atoms with Crippen molar-refractivity contribution >= 4 is 38.9 Å². The number of hydrogen-bond acceptors (Lipinski definition) is 5. The highest BCUT2D eigenvalue weighted by Crippen LogP contribution is 2.45. The molecule has 8 heteroatoms. The lowest BCUT2D eigenvalue weighted by Gasteiger charge is -2.22. The number of nitrogens with one attached hydrogen (secondary N) is 2. The van der Waals surface area contributed by atoms with E-state index in [1.54, 1.807) is 55.1 Å². The van der Waals surface area contributed by atoms with Crippen molar-refractivity contribution in [2.24, 2.45) is 0 Å². The third kappa shape index (κ3) is 5.01. The molecule has 36 heavy (non-hydrogen) atoms. The topological polar surface area (TPSA) is 75.3 Å². The van der Waals surface area contributed by atoms with E-state index in [1.807, 2.05) is 36.4 Å². The Morgan fingerprint density at radius 3 is 2.42 bits per heavy atom. The summed E-state index contributed by atoms with van der Waals surface area (Å²) in [5.74, 6) is -0.442. The second-order valence-electron chi connectivity index (χ2n) is 8.39. The standard InChI is InChI=1S/C28H23FN2O3S2/c1-2-36(33,34)23-10-6-18(7-11-23)17-30-28(32)21-9-13-26-25(15-21)31-24-12-8-20(16-27(24)35-26)19-4-3-5-22(29)14-19/h3-16,31H,2,17H2,1H3,(H,30,32). The van der Waals surface area contributed by atoms with Crippen LogP contribution in [0.2, 0.25) is 0 Å². The van der Waals surface area contributed by atoms with Crippen LogP contribution >= 0.6 is 11.8 Å². The van der Waals surface area contributed by atoms with E-state index in [-0.39, 0.29) is 28.9 Å². The van der Waals surface area contributed by atoms with E-state index in [1.165, 1.54) is 12.1 Å². The second kappa shape index (κ2) is 9.79. The first-order valence-corrected chi connectivity index (χ1v) is 13.9. The quantitative estimate of drug-likeness (QED) is 0.271. The predicted molar refractivity (Wildman–Crippen MR) is 141 cm³/mol. The SMILES string of the molecule is CCS(=O)(=O)c1ccc(CNC(=O)c2ccc3c(c2)Nc2ccc(-c4cccc(F)c4)cc2S3)cc1. The van der Waals surface area contributed by atoms with Gasteiger partial charge in [-0.1, -0.05) is 49.0 Å².